The summed E-state index contributed by atoms with van der Waals surface area (Å²) < 4.78 is 0. The van der Waals surface area contributed by atoms with E-state index in [0.29, 0.717) is 0 Å². The van der Waals surface area contributed by atoms with Gasteiger partial charge in [0, 0.05) is 6.42 Å². The van der Waals surface area contributed by atoms with E-state index in [-0.39, 0.29) is 0 Å². The maximum atomic E-state index is 2.32. The number of aryl methyl sites for hydroxylation is 1. The van der Waals surface area contributed by atoms with Crippen molar-refractivity contribution in [2.45, 2.75) is 13.3 Å². The first-order valence-corrected chi connectivity index (χ1v) is 5.45. The van der Waals surface area contributed by atoms with E-state index in [2.05, 4.69) is 55.8 Å². The van der Waals surface area contributed by atoms with E-state index in [0.717, 1.165) is 6.42 Å². The van der Waals surface area contributed by atoms with Crippen LogP contribution in [0.3, 0.4) is 0 Å². The summed E-state index contributed by atoms with van der Waals surface area (Å²) in [5.41, 5.74) is 6.89. The Balaban J connectivity index is 2.22. The largest absolute Gasteiger partial charge is 0.0619 e. The van der Waals surface area contributed by atoms with Gasteiger partial charge in [-0.3, -0.25) is 0 Å². The molecule has 0 fully saturated rings. The van der Waals surface area contributed by atoms with Gasteiger partial charge in [0.15, 0.2) is 0 Å². The second kappa shape index (κ2) is 3.23. The molecule has 0 saturated heterocycles. The van der Waals surface area contributed by atoms with E-state index < -0.39 is 0 Å². The van der Waals surface area contributed by atoms with Crippen LogP contribution < -0.4 is 0 Å². The number of rotatable bonds is 1. The van der Waals surface area contributed by atoms with Crippen molar-refractivity contribution in [2.24, 2.45) is 0 Å². The molecule has 0 heterocycles. The van der Waals surface area contributed by atoms with Crippen LogP contribution in [0.4, 0.5) is 0 Å². The monoisotopic (exact) mass is 193 g/mol. The van der Waals surface area contributed by atoms with Crippen molar-refractivity contribution in [1.82, 2.24) is 0 Å². The Hall–Kier alpha value is -1.56. The highest BCUT2D eigenvalue weighted by Crippen LogP contribution is 2.38. The van der Waals surface area contributed by atoms with Crippen LogP contribution in [0.2, 0.25) is 0 Å². The van der Waals surface area contributed by atoms with Gasteiger partial charge in [0.1, 0.15) is 0 Å². The summed E-state index contributed by atoms with van der Waals surface area (Å²) in [5, 5.41) is 0. The van der Waals surface area contributed by atoms with Crippen LogP contribution >= 0.6 is 0 Å². The molecule has 0 heteroatoms. The van der Waals surface area contributed by atoms with Gasteiger partial charge >= 0.3 is 0 Å². The van der Waals surface area contributed by atoms with Crippen molar-refractivity contribution in [3.8, 4) is 11.1 Å². The molecule has 1 radical (unpaired) electrons. The van der Waals surface area contributed by atoms with Crippen molar-refractivity contribution in [3.05, 3.63) is 65.6 Å². The van der Waals surface area contributed by atoms with Crippen LogP contribution in [-0.2, 0) is 6.42 Å². The van der Waals surface area contributed by atoms with Crippen molar-refractivity contribution in [2.75, 3.05) is 0 Å². The molecule has 0 N–H and O–H groups in total. The zero-order valence-corrected chi connectivity index (χ0v) is 8.83. The first kappa shape index (κ1) is 8.72. The predicted molar refractivity (Wildman–Crippen MR) is 63.8 cm³/mol. The highest BCUT2D eigenvalue weighted by molar-refractivity contribution is 5.81. The fourth-order valence-corrected chi connectivity index (χ4v) is 2.22. The van der Waals surface area contributed by atoms with Gasteiger partial charge in [-0.2, -0.15) is 0 Å². The van der Waals surface area contributed by atoms with Crippen LogP contribution in [0.15, 0.2) is 42.5 Å². The Bertz CT molecular complexity index is 509. The predicted octanol–water partition coefficient (Wildman–Crippen LogP) is 3.83. The quantitative estimate of drug-likeness (QED) is 0.551. The van der Waals surface area contributed by atoms with E-state index in [1.165, 1.54) is 27.8 Å². The molecule has 2 aromatic carbocycles. The molecule has 0 nitrogen and oxygen atoms in total. The van der Waals surface area contributed by atoms with Gasteiger partial charge in [-0.05, 0) is 34.2 Å². The molecule has 15 heavy (non-hydrogen) atoms. The minimum atomic E-state index is 1.11. The number of hydrogen-bond acceptors (Lipinski definition) is 0. The summed E-state index contributed by atoms with van der Waals surface area (Å²) in [5.74, 6) is 0. The highest BCUT2D eigenvalue weighted by atomic mass is 14.2. The van der Waals surface area contributed by atoms with Crippen LogP contribution in [-0.4, -0.2) is 0 Å². The average Bonchev–Trinajstić information content (AvgIpc) is 2.66. The number of hydrogen-bond donors (Lipinski definition) is 0. The van der Waals surface area contributed by atoms with Crippen molar-refractivity contribution in [1.29, 1.82) is 0 Å². The lowest BCUT2D eigenvalue weighted by atomic mass is 10.0. The van der Waals surface area contributed by atoms with Crippen LogP contribution in [0.25, 0.3) is 11.1 Å². The summed E-state index contributed by atoms with van der Waals surface area (Å²) in [6.45, 7) is 2.20. The SMILES string of the molecule is CCc1ccc2c(c1)-c1ccccc1[CH]2. The van der Waals surface area contributed by atoms with Crippen LogP contribution in [0.1, 0.15) is 23.6 Å². The second-order valence-corrected chi connectivity index (χ2v) is 4.01. The molecule has 0 amide bonds. The van der Waals surface area contributed by atoms with Gasteiger partial charge < -0.3 is 0 Å². The summed E-state index contributed by atoms with van der Waals surface area (Å²) in [6.07, 6.45) is 3.37. The fourth-order valence-electron chi connectivity index (χ4n) is 2.22. The first-order chi connectivity index (χ1) is 7.38. The van der Waals surface area contributed by atoms with Gasteiger partial charge in [-0.15, -0.1) is 0 Å². The summed E-state index contributed by atoms with van der Waals surface area (Å²) >= 11 is 0. The molecule has 0 bridgehead atoms. The number of fused-ring (bicyclic) bond motifs is 3. The Morgan fingerprint density at radius 3 is 2.53 bits per heavy atom. The molecule has 0 atom stereocenters. The van der Waals surface area contributed by atoms with E-state index in [1.807, 2.05) is 0 Å². The van der Waals surface area contributed by atoms with Gasteiger partial charge in [0.05, 0.1) is 0 Å². The van der Waals surface area contributed by atoms with Crippen LogP contribution in [0, 0.1) is 6.42 Å². The fraction of sp³-hybridized carbons (Fsp3) is 0.133. The van der Waals surface area contributed by atoms with E-state index in [4.69, 9.17) is 0 Å². The van der Waals surface area contributed by atoms with Gasteiger partial charge in [0.25, 0.3) is 0 Å². The molecule has 0 saturated carbocycles. The molecule has 2 aromatic rings. The zero-order chi connectivity index (χ0) is 10.3. The Morgan fingerprint density at radius 2 is 1.67 bits per heavy atom. The van der Waals surface area contributed by atoms with Crippen LogP contribution in [0.5, 0.6) is 0 Å². The highest BCUT2D eigenvalue weighted by Gasteiger charge is 2.17. The van der Waals surface area contributed by atoms with Gasteiger partial charge in [-0.1, -0.05) is 49.4 Å². The smallest absolute Gasteiger partial charge is 0.0211 e. The van der Waals surface area contributed by atoms with E-state index in [1.54, 1.807) is 0 Å². The lowest BCUT2D eigenvalue weighted by molar-refractivity contribution is 1.14. The first-order valence-electron chi connectivity index (χ1n) is 5.45. The lowest BCUT2D eigenvalue weighted by Crippen LogP contribution is -1.83. The Kier molecular flexibility index (Phi) is 1.88. The Morgan fingerprint density at radius 1 is 0.867 bits per heavy atom. The third-order valence-corrected chi connectivity index (χ3v) is 3.09. The van der Waals surface area contributed by atoms with Crippen molar-refractivity contribution >= 4 is 0 Å². The van der Waals surface area contributed by atoms with E-state index >= 15 is 0 Å². The topological polar surface area (TPSA) is 0 Å². The molecule has 1 aliphatic carbocycles. The van der Waals surface area contributed by atoms with Gasteiger partial charge in [0.2, 0.25) is 0 Å². The summed E-state index contributed by atoms with van der Waals surface area (Å²) in [6, 6.07) is 15.4. The molecular formula is C15H13. The molecule has 1 aliphatic rings. The summed E-state index contributed by atoms with van der Waals surface area (Å²) in [7, 11) is 0. The Labute approximate surface area is 90.6 Å². The zero-order valence-electron chi connectivity index (χ0n) is 8.83. The van der Waals surface area contributed by atoms with Crippen molar-refractivity contribution < 1.29 is 0 Å². The molecule has 0 unspecified atom stereocenters. The average molecular weight is 193 g/mol. The second-order valence-electron chi connectivity index (χ2n) is 4.01. The standard InChI is InChI=1S/C15H13/c1-2-11-7-8-13-10-12-5-3-4-6-14(12)15(13)9-11/h3-10H,2H2,1H3. The normalized spacial score (nSPS) is 12.3. The maximum absolute atomic E-state index is 2.32. The molecule has 0 spiro atoms. The summed E-state index contributed by atoms with van der Waals surface area (Å²) in [4.78, 5) is 0. The van der Waals surface area contributed by atoms with Crippen molar-refractivity contribution in [3.63, 3.8) is 0 Å². The molecule has 0 aliphatic heterocycles. The minimum absolute atomic E-state index is 1.11. The lowest BCUT2D eigenvalue weighted by Gasteiger charge is -2.03. The number of benzene rings is 2. The maximum Gasteiger partial charge on any atom is 0.0211 e. The molecule has 3 rings (SSSR count). The third kappa shape index (κ3) is 1.29. The molecule has 73 valence electrons. The third-order valence-electron chi connectivity index (χ3n) is 3.09. The molecule has 0 aromatic heterocycles. The molecular weight excluding hydrogens is 180 g/mol. The minimum Gasteiger partial charge on any atom is -0.0619 e. The van der Waals surface area contributed by atoms with E-state index in [9.17, 15) is 0 Å². The van der Waals surface area contributed by atoms with Gasteiger partial charge in [-0.25, -0.2) is 0 Å².